The summed E-state index contributed by atoms with van der Waals surface area (Å²) in [5, 5.41) is 3.67. The number of benzene rings is 1. The lowest BCUT2D eigenvalue weighted by Crippen LogP contribution is -2.24. The van der Waals surface area contributed by atoms with E-state index in [2.05, 4.69) is 10.3 Å². The third kappa shape index (κ3) is 3.05. The van der Waals surface area contributed by atoms with E-state index in [4.69, 9.17) is 22.1 Å². The molecular weight excluding hydrogens is 302 g/mol. The normalized spacial score (nSPS) is 20.8. The van der Waals surface area contributed by atoms with Crippen molar-refractivity contribution in [3.63, 3.8) is 0 Å². The number of nitrogens with two attached hydrogens (primary N) is 1. The van der Waals surface area contributed by atoms with Crippen molar-refractivity contribution in [1.82, 2.24) is 4.98 Å². The number of pyridine rings is 1. The number of hydrogen-bond acceptors (Lipinski definition) is 4. The molecule has 5 nitrogen and oxygen atoms in total. The maximum Gasteiger partial charge on any atom is 0.250 e. The topological polar surface area (TPSA) is 77.2 Å². The lowest BCUT2D eigenvalue weighted by molar-refractivity contribution is 0.1000. The molecule has 2 heterocycles. The van der Waals surface area contributed by atoms with Crippen molar-refractivity contribution in [1.29, 1.82) is 0 Å². The maximum absolute atomic E-state index is 11.1. The standard InChI is InChI=1S/C16H16ClN3O2/c17-12-8-11(15(18)21)9-19-16(12)20-13-6-7-22-14(13)10-4-2-1-3-5-10/h1-5,8-9,13-14H,6-7H2,(H2,18,21)(H,19,20)/t13-,14+/m1/s1. The van der Waals surface area contributed by atoms with Crippen LogP contribution < -0.4 is 11.1 Å². The number of halogens is 1. The molecule has 3 rings (SSSR count). The zero-order valence-corrected chi connectivity index (χ0v) is 12.6. The molecule has 6 heteroatoms. The Balaban J connectivity index is 1.79. The quantitative estimate of drug-likeness (QED) is 0.909. The molecule has 1 aliphatic heterocycles. The number of nitrogens with zero attached hydrogens (tertiary/aromatic N) is 1. The summed E-state index contributed by atoms with van der Waals surface area (Å²) in [6.07, 6.45) is 2.23. The first kappa shape index (κ1) is 14.8. The second kappa shape index (κ2) is 6.34. The number of aromatic nitrogens is 1. The van der Waals surface area contributed by atoms with Crippen LogP contribution in [0.4, 0.5) is 5.82 Å². The van der Waals surface area contributed by atoms with Gasteiger partial charge in [-0.1, -0.05) is 41.9 Å². The van der Waals surface area contributed by atoms with E-state index in [1.165, 1.54) is 12.3 Å². The Bertz CT molecular complexity index is 678. The lowest BCUT2D eigenvalue weighted by atomic mass is 10.0. The van der Waals surface area contributed by atoms with Crippen LogP contribution in [-0.4, -0.2) is 23.5 Å². The average Bonchev–Trinajstić information content (AvgIpc) is 2.98. The molecule has 0 saturated carbocycles. The van der Waals surface area contributed by atoms with Crippen LogP contribution in [0.5, 0.6) is 0 Å². The number of primary amides is 1. The number of ether oxygens (including phenoxy) is 1. The van der Waals surface area contributed by atoms with Gasteiger partial charge in [-0.3, -0.25) is 4.79 Å². The van der Waals surface area contributed by atoms with Crippen molar-refractivity contribution in [3.05, 3.63) is 58.7 Å². The molecule has 1 fully saturated rings. The number of amides is 1. The maximum atomic E-state index is 11.1. The Kier molecular flexibility index (Phi) is 4.27. The highest BCUT2D eigenvalue weighted by atomic mass is 35.5. The summed E-state index contributed by atoms with van der Waals surface area (Å²) in [6, 6.07) is 11.6. The predicted molar refractivity (Wildman–Crippen MR) is 84.9 cm³/mol. The van der Waals surface area contributed by atoms with E-state index in [1.54, 1.807) is 0 Å². The number of anilines is 1. The van der Waals surface area contributed by atoms with Gasteiger partial charge in [0, 0.05) is 12.8 Å². The van der Waals surface area contributed by atoms with Gasteiger partial charge >= 0.3 is 0 Å². The van der Waals surface area contributed by atoms with Crippen LogP contribution in [0.1, 0.15) is 28.4 Å². The highest BCUT2D eigenvalue weighted by molar-refractivity contribution is 6.33. The van der Waals surface area contributed by atoms with E-state index in [9.17, 15) is 4.79 Å². The molecular formula is C16H16ClN3O2. The summed E-state index contributed by atoms with van der Waals surface area (Å²) in [5.74, 6) is -0.0181. The summed E-state index contributed by atoms with van der Waals surface area (Å²) in [4.78, 5) is 15.3. The Morgan fingerprint density at radius 1 is 1.36 bits per heavy atom. The molecule has 1 aliphatic rings. The van der Waals surface area contributed by atoms with E-state index >= 15 is 0 Å². The number of rotatable bonds is 4. The Morgan fingerprint density at radius 3 is 2.82 bits per heavy atom. The molecule has 1 saturated heterocycles. The molecule has 2 aromatic rings. The summed E-state index contributed by atoms with van der Waals surface area (Å²) in [5.41, 5.74) is 6.62. The first-order valence-corrected chi connectivity index (χ1v) is 7.41. The van der Waals surface area contributed by atoms with Gasteiger partial charge in [-0.05, 0) is 18.1 Å². The second-order valence-corrected chi connectivity index (χ2v) is 5.57. The van der Waals surface area contributed by atoms with Crippen LogP contribution in [-0.2, 0) is 4.74 Å². The second-order valence-electron chi connectivity index (χ2n) is 5.16. The molecule has 2 atom stereocenters. The summed E-state index contributed by atoms with van der Waals surface area (Å²) < 4.78 is 5.82. The van der Waals surface area contributed by atoms with Gasteiger partial charge in [-0.15, -0.1) is 0 Å². The van der Waals surface area contributed by atoms with Crippen LogP contribution in [0, 0.1) is 0 Å². The van der Waals surface area contributed by atoms with E-state index < -0.39 is 5.91 Å². The van der Waals surface area contributed by atoms with Gasteiger partial charge in [0.25, 0.3) is 0 Å². The molecule has 114 valence electrons. The molecule has 0 spiro atoms. The summed E-state index contributed by atoms with van der Waals surface area (Å²) in [7, 11) is 0. The first-order chi connectivity index (χ1) is 10.6. The fourth-order valence-electron chi connectivity index (χ4n) is 2.56. The molecule has 1 aromatic heterocycles. The predicted octanol–water partition coefficient (Wildman–Crippen LogP) is 2.78. The van der Waals surface area contributed by atoms with Crippen LogP contribution >= 0.6 is 11.6 Å². The SMILES string of the molecule is NC(=O)c1cnc(N[C@@H]2CCO[C@H]2c2ccccc2)c(Cl)c1. The minimum absolute atomic E-state index is 0.0464. The average molecular weight is 318 g/mol. The molecule has 0 unspecified atom stereocenters. The first-order valence-electron chi connectivity index (χ1n) is 7.03. The van der Waals surface area contributed by atoms with Crippen LogP contribution in [0.15, 0.2) is 42.6 Å². The molecule has 0 bridgehead atoms. The molecule has 1 amide bonds. The van der Waals surface area contributed by atoms with Crippen molar-refractivity contribution in [2.45, 2.75) is 18.6 Å². The largest absolute Gasteiger partial charge is 0.371 e. The van der Waals surface area contributed by atoms with E-state index in [0.717, 1.165) is 12.0 Å². The van der Waals surface area contributed by atoms with E-state index in [1.807, 2.05) is 30.3 Å². The molecule has 22 heavy (non-hydrogen) atoms. The molecule has 1 aromatic carbocycles. The minimum Gasteiger partial charge on any atom is -0.371 e. The highest BCUT2D eigenvalue weighted by Crippen LogP contribution is 2.32. The fourth-order valence-corrected chi connectivity index (χ4v) is 2.78. The number of nitrogens with one attached hydrogen (secondary N) is 1. The number of carbonyl (C=O) groups excluding carboxylic acids is 1. The Morgan fingerprint density at radius 2 is 2.14 bits per heavy atom. The zero-order chi connectivity index (χ0) is 15.5. The monoisotopic (exact) mass is 317 g/mol. The minimum atomic E-state index is -0.549. The van der Waals surface area contributed by atoms with Crippen LogP contribution in [0.25, 0.3) is 0 Å². The van der Waals surface area contributed by atoms with Crippen molar-refractivity contribution >= 4 is 23.3 Å². The van der Waals surface area contributed by atoms with Gasteiger partial charge in [0.1, 0.15) is 11.9 Å². The fraction of sp³-hybridized carbons (Fsp3) is 0.250. The third-order valence-electron chi connectivity index (χ3n) is 3.67. The summed E-state index contributed by atoms with van der Waals surface area (Å²) >= 11 is 6.17. The Hall–Kier alpha value is -2.11. The van der Waals surface area contributed by atoms with Crippen molar-refractivity contribution in [3.8, 4) is 0 Å². The summed E-state index contributed by atoms with van der Waals surface area (Å²) in [6.45, 7) is 0.675. The van der Waals surface area contributed by atoms with Gasteiger partial charge in [-0.2, -0.15) is 0 Å². The van der Waals surface area contributed by atoms with Crippen LogP contribution in [0.3, 0.4) is 0 Å². The molecule has 0 radical (unpaired) electrons. The lowest BCUT2D eigenvalue weighted by Gasteiger charge is -2.21. The smallest absolute Gasteiger partial charge is 0.250 e. The van der Waals surface area contributed by atoms with Crippen LogP contribution in [0.2, 0.25) is 5.02 Å². The van der Waals surface area contributed by atoms with E-state index in [0.29, 0.717) is 17.4 Å². The van der Waals surface area contributed by atoms with Gasteiger partial charge in [-0.25, -0.2) is 4.98 Å². The number of hydrogen-bond donors (Lipinski definition) is 2. The van der Waals surface area contributed by atoms with Gasteiger partial charge < -0.3 is 15.8 Å². The number of carbonyl (C=O) groups is 1. The van der Waals surface area contributed by atoms with Gasteiger partial charge in [0.05, 0.1) is 16.6 Å². The van der Waals surface area contributed by atoms with Crippen molar-refractivity contribution < 1.29 is 9.53 Å². The molecule has 0 aliphatic carbocycles. The van der Waals surface area contributed by atoms with Crippen molar-refractivity contribution in [2.75, 3.05) is 11.9 Å². The van der Waals surface area contributed by atoms with Gasteiger partial charge in [0.2, 0.25) is 5.91 Å². The zero-order valence-electron chi connectivity index (χ0n) is 11.8. The van der Waals surface area contributed by atoms with Crippen molar-refractivity contribution in [2.24, 2.45) is 5.73 Å². The third-order valence-corrected chi connectivity index (χ3v) is 3.96. The van der Waals surface area contributed by atoms with E-state index in [-0.39, 0.29) is 17.7 Å². The highest BCUT2D eigenvalue weighted by Gasteiger charge is 2.30. The Labute approximate surface area is 133 Å². The molecule has 3 N–H and O–H groups in total. The van der Waals surface area contributed by atoms with Gasteiger partial charge in [0.15, 0.2) is 0 Å².